The Labute approximate surface area is 278 Å². The predicted octanol–water partition coefficient (Wildman–Crippen LogP) is 5.87. The second-order valence-corrected chi connectivity index (χ2v) is 13.8. The molecule has 2 aliphatic heterocycles. The van der Waals surface area contributed by atoms with Gasteiger partial charge in [-0.05, 0) is 32.1 Å². The molecule has 2 saturated heterocycles. The molecule has 11 nitrogen and oxygen atoms in total. The zero-order valence-electron chi connectivity index (χ0n) is 26.3. The quantitative estimate of drug-likeness (QED) is 0.219. The van der Waals surface area contributed by atoms with Gasteiger partial charge >= 0.3 is 5.97 Å². The normalized spacial score (nSPS) is 19.6. The van der Waals surface area contributed by atoms with E-state index in [9.17, 15) is 9.59 Å². The van der Waals surface area contributed by atoms with Gasteiger partial charge in [-0.15, -0.1) is 0 Å². The molecule has 0 radical (unpaired) electrons. The number of aromatic nitrogens is 4. The molecule has 2 atom stereocenters. The number of H-pyrrole nitrogens is 1. The highest BCUT2D eigenvalue weighted by Crippen LogP contribution is 2.36. The lowest BCUT2D eigenvalue weighted by molar-refractivity contribution is 0.0532. The molecule has 45 heavy (non-hydrogen) atoms. The van der Waals surface area contributed by atoms with E-state index < -0.39 is 11.9 Å². The zero-order valence-corrected chi connectivity index (χ0v) is 28.7. The number of aromatic amines is 1. The number of anilines is 2. The summed E-state index contributed by atoms with van der Waals surface area (Å²) in [5.74, 6) is 0.864. The summed E-state index contributed by atoms with van der Waals surface area (Å²) in [6, 6.07) is 0. The van der Waals surface area contributed by atoms with Gasteiger partial charge in [-0.3, -0.25) is 9.69 Å². The van der Waals surface area contributed by atoms with Crippen LogP contribution in [0.15, 0.2) is 17.4 Å². The summed E-state index contributed by atoms with van der Waals surface area (Å²) >= 11 is 13.6. The van der Waals surface area contributed by atoms with Crippen molar-refractivity contribution in [1.82, 2.24) is 24.8 Å². The van der Waals surface area contributed by atoms with E-state index >= 15 is 0 Å². The van der Waals surface area contributed by atoms with Crippen LogP contribution >= 0.6 is 34.5 Å². The lowest BCUT2D eigenvalue weighted by Gasteiger charge is -2.36. The van der Waals surface area contributed by atoms with Crippen LogP contribution in [0.3, 0.4) is 0 Å². The van der Waals surface area contributed by atoms with Crippen LogP contribution in [0.25, 0.3) is 11.4 Å². The van der Waals surface area contributed by atoms with E-state index in [2.05, 4.69) is 50.4 Å². The Hall–Kier alpha value is -3.06. The van der Waals surface area contributed by atoms with Crippen LogP contribution in [-0.4, -0.2) is 95.3 Å². The molecule has 3 aromatic heterocycles. The zero-order chi connectivity index (χ0) is 32.2. The maximum atomic E-state index is 13.0. The molecule has 14 heteroatoms. The monoisotopic (exact) mass is 674 g/mol. The molecular formula is C31H40Cl2N8O3S. The average molecular weight is 676 g/mol. The minimum absolute atomic E-state index is 0.0881. The number of esters is 1. The third-order valence-electron chi connectivity index (χ3n) is 8.17. The number of aliphatic imine (C=N–C) groups is 1. The van der Waals surface area contributed by atoms with Crippen LogP contribution in [0.4, 0.5) is 10.9 Å². The summed E-state index contributed by atoms with van der Waals surface area (Å²) in [7, 11) is 0. The van der Waals surface area contributed by atoms with Gasteiger partial charge in [0.25, 0.3) is 5.91 Å². The molecule has 2 fully saturated rings. The second kappa shape index (κ2) is 14.6. The Bertz CT molecular complexity index is 1530. The first-order valence-electron chi connectivity index (χ1n) is 15.4. The second-order valence-electron chi connectivity index (χ2n) is 12.0. The molecule has 0 spiro atoms. The molecule has 2 aliphatic rings. The highest BCUT2D eigenvalue weighted by Gasteiger charge is 2.30. The summed E-state index contributed by atoms with van der Waals surface area (Å²) in [5.41, 5.74) is 1.84. The fourth-order valence-corrected chi connectivity index (χ4v) is 7.16. The van der Waals surface area contributed by atoms with Gasteiger partial charge in [0, 0.05) is 63.6 Å². The first-order chi connectivity index (χ1) is 21.5. The van der Waals surface area contributed by atoms with Gasteiger partial charge in [0.15, 0.2) is 5.13 Å². The molecule has 0 aliphatic carbocycles. The van der Waals surface area contributed by atoms with Crippen molar-refractivity contribution in [3.05, 3.63) is 38.7 Å². The average Bonchev–Trinajstić information content (AvgIpc) is 3.58. The van der Waals surface area contributed by atoms with Crippen molar-refractivity contribution in [3.63, 3.8) is 0 Å². The number of ether oxygens (including phenoxy) is 1. The van der Waals surface area contributed by atoms with Gasteiger partial charge in [0.05, 0.1) is 29.0 Å². The first-order valence-corrected chi connectivity index (χ1v) is 17.0. The van der Waals surface area contributed by atoms with Crippen LogP contribution in [0, 0.1) is 24.7 Å². The Morgan fingerprint density at radius 3 is 2.49 bits per heavy atom. The van der Waals surface area contributed by atoms with Gasteiger partial charge < -0.3 is 19.5 Å². The third-order valence-corrected chi connectivity index (χ3v) is 10.2. The van der Waals surface area contributed by atoms with Crippen molar-refractivity contribution in [1.29, 1.82) is 0 Å². The molecular weight excluding hydrogens is 635 g/mol. The Morgan fingerprint density at radius 1 is 1.13 bits per heavy atom. The van der Waals surface area contributed by atoms with Crippen molar-refractivity contribution in [2.24, 2.45) is 22.7 Å². The van der Waals surface area contributed by atoms with Crippen LogP contribution in [0.2, 0.25) is 10.0 Å². The Kier molecular flexibility index (Phi) is 10.8. The number of carbonyl (C=O) groups excluding carboxylic acids is 2. The van der Waals surface area contributed by atoms with E-state index in [1.165, 1.54) is 11.3 Å². The molecule has 0 bridgehead atoms. The van der Waals surface area contributed by atoms with E-state index in [0.717, 1.165) is 50.1 Å². The number of rotatable bonds is 9. The van der Waals surface area contributed by atoms with E-state index in [1.54, 1.807) is 32.5 Å². The number of piperazine rings is 1. The van der Waals surface area contributed by atoms with Crippen LogP contribution in [0.5, 0.6) is 0 Å². The van der Waals surface area contributed by atoms with Crippen LogP contribution in [-0.2, 0) is 4.74 Å². The van der Waals surface area contributed by atoms with Gasteiger partial charge in [0.1, 0.15) is 27.8 Å². The number of aryl methyl sites for hydroxylation is 1. The molecule has 3 aromatic rings. The fourth-order valence-electron chi connectivity index (χ4n) is 5.74. The first kappa shape index (κ1) is 33.3. The number of halogens is 2. The largest absolute Gasteiger partial charge is 0.462 e. The number of hydrogen-bond acceptors (Lipinski definition) is 10. The SMILES string of the molecule is CCOC(=O)c1sc(N2CCC(C=NC(=O)c3[nH]c(C)c(Cl)c3Cl)[C@@H](C)C2)nc1-c1cnc(N2CCN(CC(C)C)CC2)cn1. The van der Waals surface area contributed by atoms with E-state index in [0.29, 0.717) is 46.0 Å². The van der Waals surface area contributed by atoms with Crippen molar-refractivity contribution in [2.75, 3.05) is 62.2 Å². The van der Waals surface area contributed by atoms with Crippen LogP contribution < -0.4 is 9.80 Å². The molecule has 0 aromatic carbocycles. The number of nitrogens with one attached hydrogen (secondary N) is 1. The van der Waals surface area contributed by atoms with Crippen molar-refractivity contribution in [2.45, 2.75) is 41.0 Å². The maximum absolute atomic E-state index is 13.0. The topological polar surface area (TPSA) is 120 Å². The third kappa shape index (κ3) is 7.67. The number of thiazole rings is 1. The van der Waals surface area contributed by atoms with Gasteiger partial charge in [-0.25, -0.2) is 24.7 Å². The smallest absolute Gasteiger partial charge is 0.350 e. The van der Waals surface area contributed by atoms with Crippen molar-refractivity contribution in [3.8, 4) is 11.4 Å². The molecule has 1 N–H and O–H groups in total. The van der Waals surface area contributed by atoms with E-state index in [-0.39, 0.29) is 29.2 Å². The van der Waals surface area contributed by atoms with E-state index in [4.69, 9.17) is 37.9 Å². The lowest BCUT2D eigenvalue weighted by atomic mass is 9.88. The van der Waals surface area contributed by atoms with Gasteiger partial charge in [-0.1, -0.05) is 55.3 Å². The van der Waals surface area contributed by atoms with Crippen LogP contribution in [0.1, 0.15) is 60.0 Å². The standard InChI is InChI=1S/C31H40Cl2N8O3S/c1-6-44-30(43)28-26(22-14-35-23(15-34-22)40-11-9-39(10-12-40)16-18(2)3)38-31(45-28)41-8-7-21(19(4)17-41)13-36-29(42)27-25(33)24(32)20(5)37-27/h13-15,18-19,21,37H,6-12,16-17H2,1-5H3/t19-,21?/m0/s1. The number of piperidine rings is 1. The number of nitrogens with zero attached hydrogens (tertiary/aromatic N) is 7. The van der Waals surface area contributed by atoms with E-state index in [1.807, 2.05) is 0 Å². The molecule has 242 valence electrons. The summed E-state index contributed by atoms with van der Waals surface area (Å²) in [5, 5.41) is 1.25. The van der Waals surface area contributed by atoms with Gasteiger partial charge in [0.2, 0.25) is 0 Å². The molecule has 5 heterocycles. The molecule has 1 unspecified atom stereocenters. The Balaban J connectivity index is 1.27. The number of amides is 1. The highest BCUT2D eigenvalue weighted by atomic mass is 35.5. The molecule has 5 rings (SSSR count). The minimum atomic E-state index is -0.450. The lowest BCUT2D eigenvalue weighted by Crippen LogP contribution is -2.47. The molecule has 0 saturated carbocycles. The number of hydrogen-bond donors (Lipinski definition) is 1. The Morgan fingerprint density at radius 2 is 1.89 bits per heavy atom. The number of carbonyl (C=O) groups is 2. The summed E-state index contributed by atoms with van der Waals surface area (Å²) in [6.07, 6.45) is 5.94. The highest BCUT2D eigenvalue weighted by molar-refractivity contribution is 7.17. The summed E-state index contributed by atoms with van der Waals surface area (Å²) < 4.78 is 5.38. The maximum Gasteiger partial charge on any atom is 0.350 e. The fraction of sp³-hybridized carbons (Fsp3) is 0.548. The summed E-state index contributed by atoms with van der Waals surface area (Å²) in [6.45, 7) is 16.7. The summed E-state index contributed by atoms with van der Waals surface area (Å²) in [4.78, 5) is 54.3. The van der Waals surface area contributed by atoms with Crippen molar-refractivity contribution >= 4 is 63.6 Å². The predicted molar refractivity (Wildman–Crippen MR) is 180 cm³/mol. The minimum Gasteiger partial charge on any atom is -0.462 e. The van der Waals surface area contributed by atoms with Gasteiger partial charge in [-0.2, -0.15) is 0 Å². The van der Waals surface area contributed by atoms with Crippen molar-refractivity contribution < 1.29 is 14.3 Å². The molecule has 1 amide bonds.